The Morgan fingerprint density at radius 1 is 1.20 bits per heavy atom. The summed E-state index contributed by atoms with van der Waals surface area (Å²) in [5.74, 6) is -0.436. The quantitative estimate of drug-likeness (QED) is 0.840. The van der Waals surface area contributed by atoms with E-state index in [1.807, 2.05) is 0 Å². The summed E-state index contributed by atoms with van der Waals surface area (Å²) < 4.78 is 35.1. The molecular formula is C11H8ClNO6S. The van der Waals surface area contributed by atoms with Crippen molar-refractivity contribution in [3.63, 3.8) is 0 Å². The highest BCUT2D eigenvalue weighted by molar-refractivity contribution is 7.92. The molecule has 2 N–H and O–H groups in total. The molecule has 0 aliphatic heterocycles. The predicted molar refractivity (Wildman–Crippen MR) is 69.6 cm³/mol. The highest BCUT2D eigenvalue weighted by Crippen LogP contribution is 2.23. The first kappa shape index (κ1) is 14.2. The Morgan fingerprint density at radius 2 is 1.85 bits per heavy atom. The number of benzene rings is 1. The normalized spacial score (nSPS) is 11.1. The summed E-state index contributed by atoms with van der Waals surface area (Å²) in [6.07, 6.45) is -1.60. The SMILES string of the molecule is O=C(O)Oc1ccc(S(=O)(=O)Nc2ccc(Cl)cc2)o1. The first-order valence-corrected chi connectivity index (χ1v) is 7.02. The van der Waals surface area contributed by atoms with Crippen LogP contribution in [-0.2, 0) is 10.0 Å². The minimum absolute atomic E-state index is 0.284. The highest BCUT2D eigenvalue weighted by Gasteiger charge is 2.20. The molecule has 2 aromatic rings. The van der Waals surface area contributed by atoms with Crippen molar-refractivity contribution < 1.29 is 27.5 Å². The minimum atomic E-state index is -3.97. The van der Waals surface area contributed by atoms with Crippen molar-refractivity contribution in [3.8, 4) is 5.95 Å². The van der Waals surface area contributed by atoms with Gasteiger partial charge in [-0.3, -0.25) is 4.72 Å². The van der Waals surface area contributed by atoms with Crippen molar-refractivity contribution in [3.05, 3.63) is 41.4 Å². The van der Waals surface area contributed by atoms with Crippen LogP contribution >= 0.6 is 11.6 Å². The van der Waals surface area contributed by atoms with Gasteiger partial charge in [0.05, 0.1) is 0 Å². The van der Waals surface area contributed by atoms with Crippen LogP contribution in [0.2, 0.25) is 5.02 Å². The molecule has 0 fully saturated rings. The molecule has 0 bridgehead atoms. The molecule has 1 heterocycles. The van der Waals surface area contributed by atoms with Gasteiger partial charge >= 0.3 is 6.16 Å². The van der Waals surface area contributed by atoms with Crippen LogP contribution in [-0.4, -0.2) is 19.7 Å². The lowest BCUT2D eigenvalue weighted by molar-refractivity contribution is 0.130. The zero-order valence-electron chi connectivity index (χ0n) is 9.74. The van der Waals surface area contributed by atoms with Crippen molar-refractivity contribution in [2.75, 3.05) is 4.72 Å². The molecule has 0 aliphatic rings. The summed E-state index contributed by atoms with van der Waals surface area (Å²) >= 11 is 5.68. The topological polar surface area (TPSA) is 106 Å². The molecule has 1 aromatic carbocycles. The molecule has 2 rings (SSSR count). The fourth-order valence-corrected chi connectivity index (χ4v) is 2.42. The smallest absolute Gasteiger partial charge is 0.449 e. The number of sulfonamides is 1. The van der Waals surface area contributed by atoms with Crippen LogP contribution in [0.15, 0.2) is 45.9 Å². The maximum Gasteiger partial charge on any atom is 0.513 e. The zero-order chi connectivity index (χ0) is 14.8. The number of carbonyl (C=O) groups is 1. The lowest BCUT2D eigenvalue weighted by Gasteiger charge is -2.05. The number of rotatable bonds is 4. The third-order valence-electron chi connectivity index (χ3n) is 2.11. The largest absolute Gasteiger partial charge is 0.513 e. The molecule has 0 unspecified atom stereocenters. The van der Waals surface area contributed by atoms with E-state index < -0.39 is 27.2 Å². The molecular weight excluding hydrogens is 310 g/mol. The van der Waals surface area contributed by atoms with Crippen LogP contribution in [0.25, 0.3) is 0 Å². The van der Waals surface area contributed by atoms with Crippen LogP contribution in [0.1, 0.15) is 0 Å². The van der Waals surface area contributed by atoms with Gasteiger partial charge in [-0.15, -0.1) is 0 Å². The van der Waals surface area contributed by atoms with E-state index in [0.717, 1.165) is 12.1 Å². The summed E-state index contributed by atoms with van der Waals surface area (Å²) in [5.41, 5.74) is 0.284. The molecule has 0 spiro atoms. The Kier molecular flexibility index (Phi) is 3.86. The molecule has 0 radical (unpaired) electrons. The number of nitrogens with one attached hydrogen (secondary N) is 1. The van der Waals surface area contributed by atoms with Gasteiger partial charge in [0.25, 0.3) is 16.0 Å². The third-order valence-corrected chi connectivity index (χ3v) is 3.61. The number of carboxylic acid groups (broad SMARTS) is 1. The van der Waals surface area contributed by atoms with Gasteiger partial charge in [0.1, 0.15) is 0 Å². The van der Waals surface area contributed by atoms with E-state index in [0.29, 0.717) is 5.02 Å². The average Bonchev–Trinajstić information content (AvgIpc) is 2.80. The van der Waals surface area contributed by atoms with Crippen molar-refractivity contribution in [2.45, 2.75) is 5.09 Å². The van der Waals surface area contributed by atoms with E-state index in [4.69, 9.17) is 21.1 Å². The molecule has 0 saturated heterocycles. The molecule has 0 saturated carbocycles. The molecule has 20 heavy (non-hydrogen) atoms. The second-order valence-electron chi connectivity index (χ2n) is 3.55. The Labute approximate surface area is 118 Å². The van der Waals surface area contributed by atoms with Crippen LogP contribution in [0.5, 0.6) is 5.95 Å². The fourth-order valence-electron chi connectivity index (χ4n) is 1.31. The Balaban J connectivity index is 2.19. The minimum Gasteiger partial charge on any atom is -0.449 e. The summed E-state index contributed by atoms with van der Waals surface area (Å²) in [4.78, 5) is 10.3. The third kappa shape index (κ3) is 3.43. The number of hydrogen-bond acceptors (Lipinski definition) is 5. The first-order chi connectivity index (χ1) is 9.37. The predicted octanol–water partition coefficient (Wildman–Crippen LogP) is 2.79. The first-order valence-electron chi connectivity index (χ1n) is 5.16. The maximum atomic E-state index is 11.9. The van der Waals surface area contributed by atoms with Gasteiger partial charge in [-0.1, -0.05) is 11.6 Å². The zero-order valence-corrected chi connectivity index (χ0v) is 11.3. The van der Waals surface area contributed by atoms with Crippen molar-refractivity contribution in [2.24, 2.45) is 0 Å². The van der Waals surface area contributed by atoms with E-state index in [9.17, 15) is 13.2 Å². The van der Waals surface area contributed by atoms with Gasteiger partial charge in [0.2, 0.25) is 5.09 Å². The number of halogens is 1. The lowest BCUT2D eigenvalue weighted by Crippen LogP contribution is -2.12. The second kappa shape index (κ2) is 5.43. The molecule has 7 nitrogen and oxygen atoms in total. The van der Waals surface area contributed by atoms with Gasteiger partial charge in [0, 0.05) is 22.8 Å². The van der Waals surface area contributed by atoms with Crippen LogP contribution in [0.3, 0.4) is 0 Å². The summed E-state index contributed by atoms with van der Waals surface area (Å²) in [5, 5.41) is 8.37. The molecule has 106 valence electrons. The van der Waals surface area contributed by atoms with Gasteiger partial charge < -0.3 is 14.3 Å². The summed E-state index contributed by atoms with van der Waals surface area (Å²) in [7, 11) is -3.97. The average molecular weight is 318 g/mol. The van der Waals surface area contributed by atoms with E-state index in [1.165, 1.54) is 24.3 Å². The lowest BCUT2D eigenvalue weighted by atomic mass is 10.3. The molecule has 0 amide bonds. The second-order valence-corrected chi connectivity index (χ2v) is 5.60. The number of ether oxygens (including phenoxy) is 1. The maximum absolute atomic E-state index is 11.9. The number of furan rings is 1. The van der Waals surface area contributed by atoms with Crippen molar-refractivity contribution in [1.82, 2.24) is 0 Å². The Hall–Kier alpha value is -2.19. The molecule has 9 heteroatoms. The molecule has 0 aliphatic carbocycles. The van der Waals surface area contributed by atoms with E-state index in [-0.39, 0.29) is 5.69 Å². The van der Waals surface area contributed by atoms with Gasteiger partial charge in [-0.05, 0) is 24.3 Å². The fraction of sp³-hybridized carbons (Fsp3) is 0. The molecule has 0 atom stereocenters. The highest BCUT2D eigenvalue weighted by atomic mass is 35.5. The Bertz CT molecular complexity index is 722. The summed E-state index contributed by atoms with van der Waals surface area (Å²) in [6, 6.07) is 8.14. The van der Waals surface area contributed by atoms with Crippen LogP contribution < -0.4 is 9.46 Å². The van der Waals surface area contributed by atoms with Crippen LogP contribution in [0.4, 0.5) is 10.5 Å². The number of hydrogen-bond donors (Lipinski definition) is 2. The van der Waals surface area contributed by atoms with E-state index in [1.54, 1.807) is 0 Å². The van der Waals surface area contributed by atoms with Crippen molar-refractivity contribution >= 4 is 33.5 Å². The Morgan fingerprint density at radius 3 is 2.45 bits per heavy atom. The van der Waals surface area contributed by atoms with Crippen molar-refractivity contribution in [1.29, 1.82) is 0 Å². The van der Waals surface area contributed by atoms with Gasteiger partial charge in [-0.25, -0.2) is 4.79 Å². The molecule has 1 aromatic heterocycles. The standard InChI is InChI=1S/C11H8ClNO6S/c12-7-1-3-8(4-2-7)13-20(16,17)10-6-5-9(18-10)19-11(14)15/h1-6,13H,(H,14,15). The van der Waals surface area contributed by atoms with E-state index >= 15 is 0 Å². The van der Waals surface area contributed by atoms with E-state index in [2.05, 4.69) is 9.46 Å². The van der Waals surface area contributed by atoms with Gasteiger partial charge in [0.15, 0.2) is 0 Å². The summed E-state index contributed by atoms with van der Waals surface area (Å²) in [6.45, 7) is 0. The monoisotopic (exact) mass is 317 g/mol. The number of anilines is 1. The van der Waals surface area contributed by atoms with Crippen LogP contribution in [0, 0.1) is 0 Å². The van der Waals surface area contributed by atoms with Gasteiger partial charge in [-0.2, -0.15) is 8.42 Å².